The van der Waals surface area contributed by atoms with E-state index in [1.54, 1.807) is 0 Å². The lowest BCUT2D eigenvalue weighted by atomic mass is 9.82. The number of aromatic nitrogens is 2. The summed E-state index contributed by atoms with van der Waals surface area (Å²) in [6.07, 6.45) is 7.91. The maximum Gasteiger partial charge on any atom is 0.145 e. The van der Waals surface area contributed by atoms with Crippen molar-refractivity contribution in [1.82, 2.24) is 9.97 Å². The van der Waals surface area contributed by atoms with Crippen molar-refractivity contribution in [3.8, 4) is 0 Å². The molecule has 1 heterocycles. The lowest BCUT2D eigenvalue weighted by Crippen LogP contribution is -2.47. The van der Waals surface area contributed by atoms with E-state index in [4.69, 9.17) is 5.73 Å². The molecule has 1 aromatic heterocycles. The van der Waals surface area contributed by atoms with E-state index in [0.29, 0.717) is 6.54 Å². The molecule has 4 nitrogen and oxygen atoms in total. The van der Waals surface area contributed by atoms with Crippen molar-refractivity contribution < 1.29 is 0 Å². The van der Waals surface area contributed by atoms with Crippen LogP contribution in [0.25, 0.3) is 0 Å². The van der Waals surface area contributed by atoms with Gasteiger partial charge in [0.2, 0.25) is 0 Å². The van der Waals surface area contributed by atoms with Gasteiger partial charge in [0.05, 0.1) is 23.1 Å². The van der Waals surface area contributed by atoms with Crippen LogP contribution >= 0.6 is 0 Å². The molecule has 0 bridgehead atoms. The third kappa shape index (κ3) is 2.75. The van der Waals surface area contributed by atoms with Crippen molar-refractivity contribution in [1.29, 1.82) is 0 Å². The minimum Gasteiger partial charge on any atom is -0.362 e. The Morgan fingerprint density at radius 1 is 1.24 bits per heavy atom. The fourth-order valence-electron chi connectivity index (χ4n) is 2.48. The summed E-state index contributed by atoms with van der Waals surface area (Å²) < 4.78 is 0. The fraction of sp³-hybridized carbons (Fsp3) is 0.692. The second kappa shape index (κ2) is 5.00. The van der Waals surface area contributed by atoms with Crippen molar-refractivity contribution in [3.63, 3.8) is 0 Å². The third-order valence-corrected chi connectivity index (χ3v) is 3.79. The number of nitrogens with two attached hydrogens (primary N) is 1. The fourth-order valence-corrected chi connectivity index (χ4v) is 2.48. The van der Waals surface area contributed by atoms with Crippen LogP contribution in [0.1, 0.15) is 43.5 Å². The minimum atomic E-state index is 0.0363. The quantitative estimate of drug-likeness (QED) is 0.841. The van der Waals surface area contributed by atoms with Crippen LogP contribution < -0.4 is 11.1 Å². The smallest absolute Gasteiger partial charge is 0.145 e. The molecule has 1 aliphatic carbocycles. The third-order valence-electron chi connectivity index (χ3n) is 3.79. The van der Waals surface area contributed by atoms with Gasteiger partial charge in [-0.2, -0.15) is 0 Å². The topological polar surface area (TPSA) is 63.8 Å². The lowest BCUT2D eigenvalue weighted by Gasteiger charge is -2.37. The highest BCUT2D eigenvalue weighted by molar-refractivity contribution is 5.37. The number of hydrogen-bond acceptors (Lipinski definition) is 4. The molecule has 0 saturated heterocycles. The summed E-state index contributed by atoms with van der Waals surface area (Å²) in [5.74, 6) is 0.862. The van der Waals surface area contributed by atoms with Gasteiger partial charge in [0.1, 0.15) is 5.82 Å². The first-order valence-electron chi connectivity index (χ1n) is 6.44. The van der Waals surface area contributed by atoms with Gasteiger partial charge >= 0.3 is 0 Å². The van der Waals surface area contributed by atoms with Crippen LogP contribution in [0.4, 0.5) is 5.82 Å². The molecule has 0 amide bonds. The average Bonchev–Trinajstić information content (AvgIpc) is 2.35. The average molecular weight is 234 g/mol. The Balaban J connectivity index is 2.14. The molecule has 1 saturated carbocycles. The second-order valence-corrected chi connectivity index (χ2v) is 5.10. The molecule has 17 heavy (non-hydrogen) atoms. The van der Waals surface area contributed by atoms with Gasteiger partial charge in [-0.05, 0) is 26.7 Å². The summed E-state index contributed by atoms with van der Waals surface area (Å²) in [5, 5.41) is 3.51. The van der Waals surface area contributed by atoms with E-state index in [0.717, 1.165) is 30.0 Å². The predicted molar refractivity (Wildman–Crippen MR) is 70.0 cm³/mol. The summed E-state index contributed by atoms with van der Waals surface area (Å²) >= 11 is 0. The zero-order valence-corrected chi connectivity index (χ0v) is 10.8. The molecule has 3 N–H and O–H groups in total. The van der Waals surface area contributed by atoms with Crippen LogP contribution in [0.2, 0.25) is 0 Å². The van der Waals surface area contributed by atoms with E-state index in [9.17, 15) is 0 Å². The number of aryl methyl sites for hydroxylation is 2. The Morgan fingerprint density at radius 2 is 1.94 bits per heavy atom. The zero-order chi connectivity index (χ0) is 12.3. The van der Waals surface area contributed by atoms with Gasteiger partial charge in [0.25, 0.3) is 0 Å². The maximum absolute atomic E-state index is 5.94. The van der Waals surface area contributed by atoms with Crippen LogP contribution in [0, 0.1) is 13.8 Å². The molecule has 0 aliphatic heterocycles. The summed E-state index contributed by atoms with van der Waals surface area (Å²) in [6, 6.07) is 0. The Hall–Kier alpha value is -1.16. The number of anilines is 1. The number of nitrogens with zero attached hydrogens (tertiary/aromatic N) is 2. The van der Waals surface area contributed by atoms with E-state index in [2.05, 4.69) is 15.3 Å². The molecule has 1 fully saturated rings. The summed E-state index contributed by atoms with van der Waals surface area (Å²) in [7, 11) is 0. The lowest BCUT2D eigenvalue weighted by molar-refractivity contribution is 0.330. The molecule has 0 spiro atoms. The first kappa shape index (κ1) is 12.3. The van der Waals surface area contributed by atoms with Crippen molar-refractivity contribution in [2.24, 2.45) is 5.73 Å². The normalized spacial score (nSPS) is 19.0. The molecule has 1 aromatic rings. The molecule has 0 atom stereocenters. The van der Waals surface area contributed by atoms with E-state index in [-0.39, 0.29) is 5.54 Å². The van der Waals surface area contributed by atoms with Gasteiger partial charge < -0.3 is 11.1 Å². The van der Waals surface area contributed by atoms with Crippen LogP contribution in [0.3, 0.4) is 0 Å². The van der Waals surface area contributed by atoms with Gasteiger partial charge in [-0.15, -0.1) is 0 Å². The number of hydrogen-bond donors (Lipinski definition) is 2. The molecular weight excluding hydrogens is 212 g/mol. The second-order valence-electron chi connectivity index (χ2n) is 5.10. The number of rotatable bonds is 3. The van der Waals surface area contributed by atoms with Gasteiger partial charge in [0, 0.05) is 6.54 Å². The van der Waals surface area contributed by atoms with E-state index in [1.807, 2.05) is 20.0 Å². The van der Waals surface area contributed by atoms with Gasteiger partial charge in [-0.3, -0.25) is 4.98 Å². The first-order chi connectivity index (χ1) is 8.15. The van der Waals surface area contributed by atoms with Crippen molar-refractivity contribution >= 4 is 5.82 Å². The predicted octanol–water partition coefficient (Wildman–Crippen LogP) is 2.17. The van der Waals surface area contributed by atoms with Crippen LogP contribution in [0.5, 0.6) is 0 Å². The Morgan fingerprint density at radius 3 is 2.53 bits per heavy atom. The van der Waals surface area contributed by atoms with E-state index < -0.39 is 0 Å². The van der Waals surface area contributed by atoms with Gasteiger partial charge in [-0.25, -0.2) is 4.98 Å². The van der Waals surface area contributed by atoms with Crippen LogP contribution in [0.15, 0.2) is 6.20 Å². The maximum atomic E-state index is 5.94. The first-order valence-corrected chi connectivity index (χ1v) is 6.44. The van der Waals surface area contributed by atoms with Gasteiger partial charge in [-0.1, -0.05) is 19.3 Å². The summed E-state index contributed by atoms with van der Waals surface area (Å²) in [4.78, 5) is 8.87. The van der Waals surface area contributed by atoms with Crippen molar-refractivity contribution in [2.75, 3.05) is 11.9 Å². The Bertz CT molecular complexity index is 383. The van der Waals surface area contributed by atoms with E-state index in [1.165, 1.54) is 19.3 Å². The molecule has 1 aliphatic rings. The zero-order valence-electron chi connectivity index (χ0n) is 10.8. The number of nitrogens with one attached hydrogen (secondary N) is 1. The monoisotopic (exact) mass is 234 g/mol. The molecule has 94 valence electrons. The molecule has 0 aromatic carbocycles. The van der Waals surface area contributed by atoms with Crippen molar-refractivity contribution in [3.05, 3.63) is 17.6 Å². The SMILES string of the molecule is Cc1ncc(NC2(CN)CCCCC2)nc1C. The molecule has 2 rings (SSSR count). The highest BCUT2D eigenvalue weighted by Gasteiger charge is 2.30. The van der Waals surface area contributed by atoms with Crippen LogP contribution in [-0.2, 0) is 0 Å². The Labute approximate surface area is 103 Å². The summed E-state index contributed by atoms with van der Waals surface area (Å²) in [5.41, 5.74) is 7.95. The largest absolute Gasteiger partial charge is 0.362 e. The van der Waals surface area contributed by atoms with E-state index >= 15 is 0 Å². The van der Waals surface area contributed by atoms with Crippen LogP contribution in [-0.4, -0.2) is 22.1 Å². The molecule has 0 unspecified atom stereocenters. The van der Waals surface area contributed by atoms with Gasteiger partial charge in [0.15, 0.2) is 0 Å². The molecule has 0 radical (unpaired) electrons. The highest BCUT2D eigenvalue weighted by atomic mass is 15.1. The molecular formula is C13H22N4. The molecule has 4 heteroatoms. The minimum absolute atomic E-state index is 0.0363. The standard InChI is InChI=1S/C13H22N4/c1-10-11(2)16-12(8-15-10)17-13(9-14)6-4-3-5-7-13/h8H,3-7,9,14H2,1-2H3,(H,16,17). The highest BCUT2D eigenvalue weighted by Crippen LogP contribution is 2.30. The summed E-state index contributed by atoms with van der Waals surface area (Å²) in [6.45, 7) is 4.64. The van der Waals surface area contributed by atoms with Crippen molar-refractivity contribution in [2.45, 2.75) is 51.5 Å². The Kier molecular flexibility index (Phi) is 3.62.